The van der Waals surface area contributed by atoms with Crippen LogP contribution in [0.4, 0.5) is 0 Å². The molecule has 0 aromatic heterocycles. The van der Waals surface area contributed by atoms with Gasteiger partial charge in [0, 0.05) is 0 Å². The van der Waals surface area contributed by atoms with Crippen molar-refractivity contribution in [2.75, 3.05) is 0 Å². The summed E-state index contributed by atoms with van der Waals surface area (Å²) in [6.07, 6.45) is 0. The fraction of sp³-hybridized carbons (Fsp3) is 0. The molecule has 0 heterocycles. The average Bonchev–Trinajstić information content (AvgIpc) is 0.722. The quantitative estimate of drug-likeness (QED) is 0.327. The Bertz CT molecular complexity index is 62.2. The minimum absolute atomic E-state index is 0. The zero-order chi connectivity index (χ0) is 4.50. The van der Waals surface area contributed by atoms with E-state index in [4.69, 9.17) is 19.2 Å². The Morgan fingerprint density at radius 3 is 1.12 bits per heavy atom. The number of hydrogen-bond acceptors (Lipinski definition) is 4. The molecule has 0 spiro atoms. The summed E-state index contributed by atoms with van der Waals surface area (Å²) in [4.78, 5) is 25.6. The molecule has 0 bridgehead atoms. The zero-order valence-corrected chi connectivity index (χ0v) is 11.1. The van der Waals surface area contributed by atoms with E-state index in [1.807, 2.05) is 0 Å². The summed E-state index contributed by atoms with van der Waals surface area (Å²) in [6.45, 7) is 0. The Kier molecular flexibility index (Phi) is 27.4. The summed E-state index contributed by atoms with van der Waals surface area (Å²) < 4.78 is 8.55. The Morgan fingerprint density at radius 1 is 1.12 bits per heavy atom. The van der Waals surface area contributed by atoms with Gasteiger partial charge in [0.1, 0.15) is 0 Å². The van der Waals surface area contributed by atoms with Crippen LogP contribution in [0.1, 0.15) is 0 Å². The summed E-state index contributed by atoms with van der Waals surface area (Å²) in [5.41, 5.74) is 0. The molecule has 0 aliphatic rings. The fourth-order valence-electron chi connectivity index (χ4n) is 0. The smallest absolute Gasteiger partial charge is 0.822 e. The molecule has 0 saturated heterocycles. The molecule has 0 rings (SSSR count). The molecule has 0 unspecified atom stereocenters. The van der Waals surface area contributed by atoms with E-state index in [0.717, 1.165) is 0 Å². The van der Waals surface area contributed by atoms with E-state index in [-0.39, 0.29) is 80.7 Å². The van der Waals surface area contributed by atoms with E-state index < -0.39 is 7.82 Å². The van der Waals surface area contributed by atoms with Gasteiger partial charge in [0.2, 0.25) is 0 Å². The van der Waals surface area contributed by atoms with Crippen molar-refractivity contribution < 1.29 is 99.9 Å². The standard InChI is InChI=1S/La.Li.H3O4P.Zr/c;;1-5(2,3)4;/h;;(H3,1,2,3,4);/q+3;+1;;+4/p-3. The van der Waals surface area contributed by atoms with Crippen LogP contribution in [0, 0.1) is 35.6 Å². The summed E-state index contributed by atoms with van der Waals surface area (Å²) in [5, 5.41) is 0. The molecule has 0 aromatic rings. The van der Waals surface area contributed by atoms with Crippen LogP contribution in [-0.2, 0) is 30.8 Å². The second kappa shape index (κ2) is 9.79. The van der Waals surface area contributed by atoms with Gasteiger partial charge < -0.3 is 19.2 Å². The first-order chi connectivity index (χ1) is 2.00. The SMILES string of the molecule is O=P([O-])([O-])[O-].[La+3].[Li+].[Zr+4]. The predicted molar refractivity (Wildman–Crippen MR) is 7.61 cm³/mol. The van der Waals surface area contributed by atoms with Gasteiger partial charge in [0.05, 0.1) is 0 Å². The van der Waals surface area contributed by atoms with Crippen LogP contribution >= 0.6 is 7.82 Å². The Hall–Kier alpha value is 2.79. The van der Waals surface area contributed by atoms with Crippen LogP contribution in [0.3, 0.4) is 0 Å². The van der Waals surface area contributed by atoms with E-state index in [9.17, 15) is 0 Å². The third kappa shape index (κ3) is 68.6. The molecule has 0 atom stereocenters. The molecule has 0 aliphatic carbocycles. The number of phosphoric acid groups is 1. The van der Waals surface area contributed by atoms with Crippen molar-refractivity contribution in [3.8, 4) is 0 Å². The van der Waals surface area contributed by atoms with Crippen LogP contribution in [0.25, 0.3) is 0 Å². The van der Waals surface area contributed by atoms with Crippen LogP contribution in [-0.4, -0.2) is 0 Å². The van der Waals surface area contributed by atoms with Gasteiger partial charge in [-0.1, -0.05) is 0 Å². The van der Waals surface area contributed by atoms with Gasteiger partial charge in [-0.2, -0.15) is 7.82 Å². The molecule has 0 amide bonds. The van der Waals surface area contributed by atoms with E-state index in [2.05, 4.69) is 0 Å². The van der Waals surface area contributed by atoms with Gasteiger partial charge in [-0.25, -0.2) is 0 Å². The van der Waals surface area contributed by atoms with Crippen molar-refractivity contribution in [3.05, 3.63) is 0 Å². The van der Waals surface area contributed by atoms with Gasteiger partial charge in [-0.05, 0) is 0 Å². The Balaban J connectivity index is -0.0000000267. The van der Waals surface area contributed by atoms with Crippen molar-refractivity contribution in [1.29, 1.82) is 0 Å². The molecule has 4 nitrogen and oxygen atoms in total. The third-order valence-electron chi connectivity index (χ3n) is 0. The molecule has 8 heavy (non-hydrogen) atoms. The van der Waals surface area contributed by atoms with E-state index >= 15 is 0 Å². The molecule has 0 saturated carbocycles. The van der Waals surface area contributed by atoms with Crippen molar-refractivity contribution in [3.63, 3.8) is 0 Å². The van der Waals surface area contributed by atoms with E-state index in [1.165, 1.54) is 0 Å². The third-order valence-corrected chi connectivity index (χ3v) is 0. The second-order valence-corrected chi connectivity index (χ2v) is 1.34. The van der Waals surface area contributed by atoms with Gasteiger partial charge >= 0.3 is 80.7 Å². The molecule has 0 N–H and O–H groups in total. The zero-order valence-electron chi connectivity index (χ0n) is 4.16. The maximum absolute atomic E-state index is 8.55. The maximum Gasteiger partial charge on any atom is 4.00 e. The van der Waals surface area contributed by atoms with Crippen molar-refractivity contribution >= 4 is 7.82 Å². The Morgan fingerprint density at radius 2 is 1.12 bits per heavy atom. The molecular formula is LaLiO4PZr+5. The molecule has 0 aliphatic heterocycles. The first-order valence-corrected chi connectivity index (χ1v) is 2.19. The first kappa shape index (κ1) is 22.4. The van der Waals surface area contributed by atoms with Gasteiger partial charge in [-0.15, -0.1) is 0 Å². The largest absolute Gasteiger partial charge is 4.00 e. The predicted octanol–water partition coefficient (Wildman–Crippen LogP) is -5.82. The molecule has 0 aromatic carbocycles. The second-order valence-electron chi connectivity index (χ2n) is 0.447. The minimum atomic E-state index is -5.39. The first-order valence-electron chi connectivity index (χ1n) is 0.730. The molecule has 32 valence electrons. The summed E-state index contributed by atoms with van der Waals surface area (Å²) in [6, 6.07) is 0. The normalized spacial score (nSPS) is 7.38. The minimum Gasteiger partial charge on any atom is -0.822 e. The van der Waals surface area contributed by atoms with Gasteiger partial charge in [0.15, 0.2) is 0 Å². The van der Waals surface area contributed by atoms with E-state index in [0.29, 0.717) is 0 Å². The molecule has 8 heteroatoms. The fourth-order valence-corrected chi connectivity index (χ4v) is 0. The Labute approximate surface area is 106 Å². The summed E-state index contributed by atoms with van der Waals surface area (Å²) >= 11 is 0. The van der Waals surface area contributed by atoms with E-state index in [1.54, 1.807) is 0 Å². The van der Waals surface area contributed by atoms with Gasteiger partial charge in [-0.3, -0.25) is 0 Å². The van der Waals surface area contributed by atoms with Crippen molar-refractivity contribution in [1.82, 2.24) is 0 Å². The maximum atomic E-state index is 8.55. The van der Waals surface area contributed by atoms with Gasteiger partial charge in [0.25, 0.3) is 0 Å². The topological polar surface area (TPSA) is 86.2 Å². The molecular weight excluding hydrogens is 332 g/mol. The van der Waals surface area contributed by atoms with Crippen molar-refractivity contribution in [2.45, 2.75) is 0 Å². The monoisotopic (exact) mass is 331 g/mol. The van der Waals surface area contributed by atoms with Crippen molar-refractivity contribution in [2.24, 2.45) is 0 Å². The van der Waals surface area contributed by atoms with Crippen LogP contribution in [0.2, 0.25) is 0 Å². The molecule has 0 radical (unpaired) electrons. The number of hydrogen-bond donors (Lipinski definition) is 0. The van der Waals surface area contributed by atoms with Crippen LogP contribution < -0.4 is 33.5 Å². The van der Waals surface area contributed by atoms with Crippen LogP contribution in [0.5, 0.6) is 0 Å². The summed E-state index contributed by atoms with van der Waals surface area (Å²) in [7, 11) is -5.39. The summed E-state index contributed by atoms with van der Waals surface area (Å²) in [5.74, 6) is 0. The van der Waals surface area contributed by atoms with Crippen LogP contribution in [0.15, 0.2) is 0 Å². The molecule has 0 fully saturated rings. The average molecular weight is 332 g/mol. The number of rotatable bonds is 0.